The van der Waals surface area contributed by atoms with Gasteiger partial charge in [0, 0.05) is 19.4 Å². The van der Waals surface area contributed by atoms with E-state index in [4.69, 9.17) is 16.3 Å². The number of rotatable bonds is 5. The fourth-order valence-corrected chi connectivity index (χ4v) is 2.31. The number of hydrogen-bond donors (Lipinski definition) is 2. The number of amides is 2. The van der Waals surface area contributed by atoms with Crippen LogP contribution in [0.15, 0.2) is 17.2 Å². The fraction of sp³-hybridized carbons (Fsp3) is 0.400. The Morgan fingerprint density at radius 3 is 2.86 bits per heavy atom. The molecular formula is C15H18ClN3O3. The van der Waals surface area contributed by atoms with Crippen molar-refractivity contribution in [2.45, 2.75) is 33.2 Å². The van der Waals surface area contributed by atoms with E-state index in [1.54, 1.807) is 6.07 Å². The third-order valence-corrected chi connectivity index (χ3v) is 3.59. The van der Waals surface area contributed by atoms with Crippen LogP contribution in [-0.2, 0) is 16.1 Å². The van der Waals surface area contributed by atoms with Gasteiger partial charge >= 0.3 is 0 Å². The number of hydrogen-bond acceptors (Lipinski definition) is 4. The van der Waals surface area contributed by atoms with Crippen molar-refractivity contribution in [1.29, 1.82) is 0 Å². The molecule has 0 saturated carbocycles. The Kier molecular flexibility index (Phi) is 5.38. The molecule has 1 aliphatic heterocycles. The van der Waals surface area contributed by atoms with E-state index in [2.05, 4.69) is 15.8 Å². The maximum atomic E-state index is 12.0. The normalized spacial score (nSPS) is 14.1. The summed E-state index contributed by atoms with van der Waals surface area (Å²) in [5.41, 5.74) is 4.52. The minimum atomic E-state index is -0.288. The van der Waals surface area contributed by atoms with E-state index < -0.39 is 0 Å². The first-order valence-electron chi connectivity index (χ1n) is 7.06. The van der Waals surface area contributed by atoms with Crippen molar-refractivity contribution in [3.63, 3.8) is 0 Å². The summed E-state index contributed by atoms with van der Waals surface area (Å²) in [4.78, 5) is 23.0. The summed E-state index contributed by atoms with van der Waals surface area (Å²) in [6.45, 7) is 4.70. The maximum absolute atomic E-state index is 12.0. The zero-order valence-electron chi connectivity index (χ0n) is 12.5. The summed E-state index contributed by atoms with van der Waals surface area (Å²) in [5, 5.41) is 7.06. The van der Waals surface area contributed by atoms with Gasteiger partial charge in [-0.1, -0.05) is 11.6 Å². The number of aryl methyl sites for hydroxylation is 1. The second-order valence-electron chi connectivity index (χ2n) is 4.92. The molecule has 1 heterocycles. The standard InChI is InChI=1S/C15H18ClN3O3/c1-3-22-13-6-9(2)10(7-11(13)16)8-17-15(21)12-4-5-14(20)19-18-12/h6-7H,3-5,8H2,1-2H3,(H,17,21)(H,19,20). The van der Waals surface area contributed by atoms with Crippen molar-refractivity contribution in [2.75, 3.05) is 6.61 Å². The Morgan fingerprint density at radius 1 is 1.45 bits per heavy atom. The molecule has 7 heteroatoms. The first kappa shape index (κ1) is 16.3. The molecule has 0 unspecified atom stereocenters. The van der Waals surface area contributed by atoms with E-state index in [9.17, 15) is 9.59 Å². The lowest BCUT2D eigenvalue weighted by atomic mass is 10.1. The largest absolute Gasteiger partial charge is 0.492 e. The quantitative estimate of drug-likeness (QED) is 0.869. The van der Waals surface area contributed by atoms with Crippen LogP contribution in [0, 0.1) is 6.92 Å². The third kappa shape index (κ3) is 3.98. The summed E-state index contributed by atoms with van der Waals surface area (Å²) in [5.74, 6) is 0.172. The number of halogens is 1. The van der Waals surface area contributed by atoms with Crippen LogP contribution in [0.3, 0.4) is 0 Å². The molecule has 0 atom stereocenters. The lowest BCUT2D eigenvalue weighted by Gasteiger charge is -2.14. The van der Waals surface area contributed by atoms with Gasteiger partial charge in [0.25, 0.3) is 5.91 Å². The maximum Gasteiger partial charge on any atom is 0.267 e. The van der Waals surface area contributed by atoms with Crippen LogP contribution < -0.4 is 15.5 Å². The van der Waals surface area contributed by atoms with Gasteiger partial charge in [0.15, 0.2) is 0 Å². The highest BCUT2D eigenvalue weighted by molar-refractivity contribution is 6.39. The van der Waals surface area contributed by atoms with Crippen molar-refractivity contribution >= 4 is 29.1 Å². The van der Waals surface area contributed by atoms with Gasteiger partial charge in [-0.25, -0.2) is 5.43 Å². The van der Waals surface area contributed by atoms with E-state index in [0.29, 0.717) is 36.1 Å². The molecule has 0 saturated heterocycles. The molecule has 2 amide bonds. The lowest BCUT2D eigenvalue weighted by Crippen LogP contribution is -2.36. The number of benzene rings is 1. The predicted octanol–water partition coefficient (Wildman–Crippen LogP) is 1.93. The summed E-state index contributed by atoms with van der Waals surface area (Å²) < 4.78 is 5.42. The summed E-state index contributed by atoms with van der Waals surface area (Å²) >= 11 is 6.15. The van der Waals surface area contributed by atoms with E-state index in [1.807, 2.05) is 19.9 Å². The zero-order chi connectivity index (χ0) is 16.1. The van der Waals surface area contributed by atoms with E-state index in [0.717, 1.165) is 11.1 Å². The summed E-state index contributed by atoms with van der Waals surface area (Å²) in [6.07, 6.45) is 0.626. The number of hydrazone groups is 1. The highest BCUT2D eigenvalue weighted by Crippen LogP contribution is 2.28. The van der Waals surface area contributed by atoms with Gasteiger partial charge in [0.2, 0.25) is 5.91 Å². The number of nitrogens with zero attached hydrogens (tertiary/aromatic N) is 1. The SMILES string of the molecule is CCOc1cc(C)c(CNC(=O)C2=NNC(=O)CC2)cc1Cl. The first-order chi connectivity index (χ1) is 10.5. The van der Waals surface area contributed by atoms with Gasteiger partial charge in [0.1, 0.15) is 11.5 Å². The lowest BCUT2D eigenvalue weighted by molar-refractivity contribution is -0.121. The molecule has 0 aliphatic carbocycles. The highest BCUT2D eigenvalue weighted by Gasteiger charge is 2.18. The average molecular weight is 324 g/mol. The molecule has 0 aromatic heterocycles. The Bertz CT molecular complexity index is 629. The molecule has 118 valence electrons. The zero-order valence-corrected chi connectivity index (χ0v) is 13.3. The average Bonchev–Trinajstić information content (AvgIpc) is 2.50. The second kappa shape index (κ2) is 7.26. The van der Waals surface area contributed by atoms with Gasteiger partial charge in [0.05, 0.1) is 11.6 Å². The number of nitrogens with one attached hydrogen (secondary N) is 2. The molecule has 6 nitrogen and oxygen atoms in total. The van der Waals surface area contributed by atoms with Crippen LogP contribution in [0.5, 0.6) is 5.75 Å². The van der Waals surface area contributed by atoms with E-state index >= 15 is 0 Å². The van der Waals surface area contributed by atoms with Crippen LogP contribution in [0.1, 0.15) is 30.9 Å². The molecule has 0 spiro atoms. The molecule has 2 N–H and O–H groups in total. The molecule has 0 bridgehead atoms. The van der Waals surface area contributed by atoms with Crippen molar-refractivity contribution < 1.29 is 14.3 Å². The van der Waals surface area contributed by atoms with Gasteiger partial charge in [-0.2, -0.15) is 5.10 Å². The minimum absolute atomic E-state index is 0.175. The Morgan fingerprint density at radius 2 is 2.23 bits per heavy atom. The smallest absolute Gasteiger partial charge is 0.267 e. The monoisotopic (exact) mass is 323 g/mol. The van der Waals surface area contributed by atoms with Crippen molar-refractivity contribution in [2.24, 2.45) is 5.10 Å². The highest BCUT2D eigenvalue weighted by atomic mass is 35.5. The molecule has 1 aliphatic rings. The Balaban J connectivity index is 2.01. The molecule has 0 radical (unpaired) electrons. The van der Waals surface area contributed by atoms with Crippen LogP contribution >= 0.6 is 11.6 Å². The first-order valence-corrected chi connectivity index (χ1v) is 7.44. The van der Waals surface area contributed by atoms with E-state index in [-0.39, 0.29) is 18.2 Å². The summed E-state index contributed by atoms with van der Waals surface area (Å²) in [6, 6.07) is 3.64. The van der Waals surface area contributed by atoms with Crippen LogP contribution in [0.25, 0.3) is 0 Å². The molecule has 22 heavy (non-hydrogen) atoms. The van der Waals surface area contributed by atoms with Crippen LogP contribution in [-0.4, -0.2) is 24.1 Å². The minimum Gasteiger partial charge on any atom is -0.492 e. The van der Waals surface area contributed by atoms with Crippen LogP contribution in [0.4, 0.5) is 0 Å². The number of ether oxygens (including phenoxy) is 1. The Labute approximate surface area is 133 Å². The molecular weight excluding hydrogens is 306 g/mol. The fourth-order valence-electron chi connectivity index (χ4n) is 2.07. The molecule has 2 rings (SSSR count). The molecule has 1 aromatic rings. The van der Waals surface area contributed by atoms with Crippen molar-refractivity contribution in [1.82, 2.24) is 10.7 Å². The van der Waals surface area contributed by atoms with Gasteiger partial charge < -0.3 is 10.1 Å². The van der Waals surface area contributed by atoms with Gasteiger partial charge in [-0.15, -0.1) is 0 Å². The van der Waals surface area contributed by atoms with Crippen LogP contribution in [0.2, 0.25) is 5.02 Å². The van der Waals surface area contributed by atoms with Crippen molar-refractivity contribution in [3.05, 3.63) is 28.3 Å². The van der Waals surface area contributed by atoms with Gasteiger partial charge in [-0.3, -0.25) is 9.59 Å². The van der Waals surface area contributed by atoms with E-state index in [1.165, 1.54) is 0 Å². The predicted molar refractivity (Wildman–Crippen MR) is 84.0 cm³/mol. The molecule has 1 aromatic carbocycles. The van der Waals surface area contributed by atoms with Crippen molar-refractivity contribution in [3.8, 4) is 5.75 Å². The topological polar surface area (TPSA) is 79.8 Å². The second-order valence-corrected chi connectivity index (χ2v) is 5.33. The summed E-state index contributed by atoms with van der Waals surface area (Å²) in [7, 11) is 0. The number of carbonyl (C=O) groups excluding carboxylic acids is 2. The third-order valence-electron chi connectivity index (χ3n) is 3.30. The number of carbonyl (C=O) groups is 2. The van der Waals surface area contributed by atoms with Gasteiger partial charge in [-0.05, 0) is 37.1 Å². The Hall–Kier alpha value is -2.08. The molecule has 0 fully saturated rings.